The quantitative estimate of drug-likeness (QED) is 0.666. The second kappa shape index (κ2) is 5.79. The third-order valence-electron chi connectivity index (χ3n) is 3.05. The molecule has 7 nitrogen and oxygen atoms in total. The molecule has 0 aliphatic carbocycles. The number of nitrogens with zero attached hydrogens (tertiary/aromatic N) is 3. The Balaban J connectivity index is 2.38. The maximum absolute atomic E-state index is 10.9. The Bertz CT molecular complexity index is 624. The lowest BCUT2D eigenvalue weighted by Gasteiger charge is -2.06. The molecule has 1 N–H and O–H groups in total. The first-order valence-electron chi connectivity index (χ1n) is 6.35. The van der Waals surface area contributed by atoms with E-state index in [9.17, 15) is 10.1 Å². The molecule has 0 radical (unpaired) electrons. The summed E-state index contributed by atoms with van der Waals surface area (Å²) in [5.41, 5.74) is 1.15. The molecule has 0 spiro atoms. The zero-order valence-corrected chi connectivity index (χ0v) is 11.6. The lowest BCUT2D eigenvalue weighted by atomic mass is 10.1. The van der Waals surface area contributed by atoms with E-state index in [4.69, 9.17) is 4.42 Å². The highest BCUT2D eigenvalue weighted by Crippen LogP contribution is 2.29. The summed E-state index contributed by atoms with van der Waals surface area (Å²) in [6, 6.07) is 4.74. The molecule has 1 aromatic heterocycles. The van der Waals surface area contributed by atoms with Crippen LogP contribution in [0.15, 0.2) is 22.6 Å². The van der Waals surface area contributed by atoms with Crippen molar-refractivity contribution in [1.29, 1.82) is 0 Å². The summed E-state index contributed by atoms with van der Waals surface area (Å²) in [7, 11) is 0. The van der Waals surface area contributed by atoms with Gasteiger partial charge in [-0.05, 0) is 26.5 Å². The molecule has 0 aliphatic rings. The van der Waals surface area contributed by atoms with Crippen molar-refractivity contribution in [1.82, 2.24) is 15.5 Å². The maximum atomic E-state index is 10.9. The molecule has 2 aromatic rings. The van der Waals surface area contributed by atoms with E-state index in [2.05, 4.69) is 15.5 Å². The summed E-state index contributed by atoms with van der Waals surface area (Å²) in [4.78, 5) is 10.5. The van der Waals surface area contributed by atoms with Crippen molar-refractivity contribution in [3.05, 3.63) is 39.8 Å². The first kappa shape index (κ1) is 14.1. The van der Waals surface area contributed by atoms with Gasteiger partial charge in [0, 0.05) is 17.2 Å². The van der Waals surface area contributed by atoms with Crippen molar-refractivity contribution in [2.75, 3.05) is 6.54 Å². The standard InChI is InChI=1S/C13H16N4O3/c1-4-14-9(3)12-15-16-13(20-12)10-6-5-7-11(8(10)2)17(18)19/h5-7,9,14H,4H2,1-3H3. The smallest absolute Gasteiger partial charge is 0.273 e. The monoisotopic (exact) mass is 276 g/mol. The van der Waals surface area contributed by atoms with Crippen molar-refractivity contribution in [3.8, 4) is 11.5 Å². The number of nitro benzene ring substituents is 1. The molecular weight excluding hydrogens is 260 g/mol. The Morgan fingerprint density at radius 2 is 2.20 bits per heavy atom. The van der Waals surface area contributed by atoms with Crippen LogP contribution in [0.25, 0.3) is 11.5 Å². The van der Waals surface area contributed by atoms with Gasteiger partial charge >= 0.3 is 0 Å². The number of hydrogen-bond donors (Lipinski definition) is 1. The van der Waals surface area contributed by atoms with Crippen LogP contribution in [-0.4, -0.2) is 21.7 Å². The minimum Gasteiger partial charge on any atom is -0.419 e. The summed E-state index contributed by atoms with van der Waals surface area (Å²) in [6.07, 6.45) is 0. The zero-order chi connectivity index (χ0) is 14.7. The molecule has 1 atom stereocenters. The van der Waals surface area contributed by atoms with E-state index in [1.54, 1.807) is 19.1 Å². The Hall–Kier alpha value is -2.28. The molecule has 0 bridgehead atoms. The van der Waals surface area contributed by atoms with Crippen molar-refractivity contribution in [2.24, 2.45) is 0 Å². The number of nitro groups is 1. The Kier molecular flexibility index (Phi) is 4.09. The number of nitrogens with one attached hydrogen (secondary N) is 1. The van der Waals surface area contributed by atoms with Gasteiger partial charge in [0.25, 0.3) is 5.69 Å². The number of hydrogen-bond acceptors (Lipinski definition) is 6. The van der Waals surface area contributed by atoms with E-state index < -0.39 is 4.92 Å². The fourth-order valence-electron chi connectivity index (χ4n) is 1.96. The third-order valence-corrected chi connectivity index (χ3v) is 3.05. The predicted molar refractivity (Wildman–Crippen MR) is 73.2 cm³/mol. The number of aromatic nitrogens is 2. The summed E-state index contributed by atoms with van der Waals surface area (Å²) >= 11 is 0. The molecule has 0 fully saturated rings. The van der Waals surface area contributed by atoms with Crippen molar-refractivity contribution in [3.63, 3.8) is 0 Å². The van der Waals surface area contributed by atoms with Gasteiger partial charge in [-0.25, -0.2) is 0 Å². The summed E-state index contributed by atoms with van der Waals surface area (Å²) in [6.45, 7) is 6.36. The normalized spacial score (nSPS) is 12.3. The summed E-state index contributed by atoms with van der Waals surface area (Å²) in [5.74, 6) is 0.763. The van der Waals surface area contributed by atoms with Gasteiger partial charge in [0.1, 0.15) is 0 Å². The second-order valence-electron chi connectivity index (χ2n) is 4.43. The second-order valence-corrected chi connectivity index (χ2v) is 4.43. The highest BCUT2D eigenvalue weighted by atomic mass is 16.6. The van der Waals surface area contributed by atoms with E-state index in [1.165, 1.54) is 6.07 Å². The van der Waals surface area contributed by atoms with Crippen LogP contribution in [0.2, 0.25) is 0 Å². The molecule has 1 heterocycles. The van der Waals surface area contributed by atoms with Crippen LogP contribution in [0, 0.1) is 17.0 Å². The molecule has 7 heteroatoms. The molecule has 2 rings (SSSR count). The van der Waals surface area contributed by atoms with Crippen molar-refractivity contribution < 1.29 is 9.34 Å². The lowest BCUT2D eigenvalue weighted by molar-refractivity contribution is -0.385. The first-order chi connectivity index (χ1) is 9.54. The van der Waals surface area contributed by atoms with Crippen LogP contribution in [0.3, 0.4) is 0 Å². The molecule has 0 amide bonds. The molecule has 1 aromatic carbocycles. The Labute approximate surface area is 116 Å². The minimum absolute atomic E-state index is 0.0435. The third kappa shape index (κ3) is 2.67. The molecular formula is C13H16N4O3. The highest BCUT2D eigenvalue weighted by Gasteiger charge is 2.19. The number of rotatable bonds is 5. The van der Waals surface area contributed by atoms with Crippen LogP contribution in [0.1, 0.15) is 31.3 Å². The largest absolute Gasteiger partial charge is 0.419 e. The topological polar surface area (TPSA) is 94.1 Å². The highest BCUT2D eigenvalue weighted by molar-refractivity contribution is 5.64. The molecule has 1 unspecified atom stereocenters. The van der Waals surface area contributed by atoms with E-state index in [0.29, 0.717) is 22.9 Å². The zero-order valence-electron chi connectivity index (χ0n) is 11.6. The van der Waals surface area contributed by atoms with Crippen LogP contribution in [0.5, 0.6) is 0 Å². The van der Waals surface area contributed by atoms with Crippen LogP contribution >= 0.6 is 0 Å². The SMILES string of the molecule is CCNC(C)c1nnc(-c2cccc([N+](=O)[O-])c2C)o1. The molecule has 0 aliphatic heterocycles. The molecule has 20 heavy (non-hydrogen) atoms. The molecule has 106 valence electrons. The maximum Gasteiger partial charge on any atom is 0.273 e. The van der Waals surface area contributed by atoms with Crippen molar-refractivity contribution >= 4 is 5.69 Å². The average Bonchev–Trinajstić information content (AvgIpc) is 2.88. The van der Waals surface area contributed by atoms with Crippen LogP contribution in [-0.2, 0) is 0 Å². The minimum atomic E-state index is -0.419. The Morgan fingerprint density at radius 1 is 1.45 bits per heavy atom. The van der Waals surface area contributed by atoms with Crippen LogP contribution < -0.4 is 5.32 Å². The van der Waals surface area contributed by atoms with Crippen LogP contribution in [0.4, 0.5) is 5.69 Å². The van der Waals surface area contributed by atoms with E-state index in [-0.39, 0.29) is 11.7 Å². The van der Waals surface area contributed by atoms with Gasteiger partial charge in [-0.1, -0.05) is 13.0 Å². The fourth-order valence-corrected chi connectivity index (χ4v) is 1.96. The predicted octanol–water partition coefficient (Wildman–Crippen LogP) is 2.62. The molecule has 0 saturated heterocycles. The van der Waals surface area contributed by atoms with E-state index >= 15 is 0 Å². The van der Waals surface area contributed by atoms with Gasteiger partial charge in [-0.15, -0.1) is 10.2 Å². The lowest BCUT2D eigenvalue weighted by Crippen LogP contribution is -2.17. The van der Waals surface area contributed by atoms with E-state index in [1.807, 2.05) is 13.8 Å². The first-order valence-corrected chi connectivity index (χ1v) is 6.35. The van der Waals surface area contributed by atoms with Gasteiger partial charge in [-0.3, -0.25) is 10.1 Å². The van der Waals surface area contributed by atoms with Gasteiger partial charge in [-0.2, -0.15) is 0 Å². The van der Waals surface area contributed by atoms with Gasteiger partial charge < -0.3 is 9.73 Å². The number of benzene rings is 1. The van der Waals surface area contributed by atoms with Gasteiger partial charge in [0.2, 0.25) is 11.8 Å². The summed E-state index contributed by atoms with van der Waals surface area (Å²) in [5, 5.41) is 22.0. The van der Waals surface area contributed by atoms with Gasteiger partial charge in [0.05, 0.1) is 11.0 Å². The molecule has 0 saturated carbocycles. The van der Waals surface area contributed by atoms with E-state index in [0.717, 1.165) is 6.54 Å². The fraction of sp³-hybridized carbons (Fsp3) is 0.385. The Morgan fingerprint density at radius 3 is 2.85 bits per heavy atom. The van der Waals surface area contributed by atoms with Gasteiger partial charge in [0.15, 0.2) is 0 Å². The average molecular weight is 276 g/mol. The summed E-state index contributed by atoms with van der Waals surface area (Å²) < 4.78 is 5.59. The van der Waals surface area contributed by atoms with Crippen molar-refractivity contribution in [2.45, 2.75) is 26.8 Å².